The van der Waals surface area contributed by atoms with E-state index in [1.165, 1.54) is 18.2 Å². The van der Waals surface area contributed by atoms with E-state index in [4.69, 9.17) is 4.74 Å². The van der Waals surface area contributed by atoms with Crippen LogP contribution in [-0.2, 0) is 16.6 Å². The zero-order chi connectivity index (χ0) is 13.9. The third-order valence-electron chi connectivity index (χ3n) is 3.55. The molecule has 2 rings (SSSR count). The summed E-state index contributed by atoms with van der Waals surface area (Å²) in [6.07, 6.45) is 1.73. The van der Waals surface area contributed by atoms with E-state index in [0.29, 0.717) is 6.54 Å². The van der Waals surface area contributed by atoms with E-state index < -0.39 is 6.09 Å². The quantitative estimate of drug-likeness (QED) is 0.912. The predicted octanol–water partition coefficient (Wildman–Crippen LogP) is 2.65. The lowest BCUT2D eigenvalue weighted by atomic mass is 9.83. The topological polar surface area (TPSA) is 47.6 Å². The number of benzene rings is 1. The van der Waals surface area contributed by atoms with Crippen LogP contribution in [0, 0.1) is 0 Å². The summed E-state index contributed by atoms with van der Waals surface area (Å²) >= 11 is 0. The maximum Gasteiger partial charge on any atom is 0.406 e. The fraction of sp³-hybridized carbons (Fsp3) is 0.533. The number of methoxy groups -OCH3 is 1. The number of fused-ring (bicyclic) bond motifs is 1. The molecule has 0 fully saturated rings. The van der Waals surface area contributed by atoms with Gasteiger partial charge in [0.25, 0.3) is 0 Å². The zero-order valence-electron chi connectivity index (χ0n) is 11.8. The molecule has 1 aliphatic heterocycles. The van der Waals surface area contributed by atoms with Crippen LogP contribution in [0.4, 0.5) is 4.79 Å². The maximum absolute atomic E-state index is 11.2. The van der Waals surface area contributed by atoms with Crippen molar-refractivity contribution in [3.05, 3.63) is 29.3 Å². The molecule has 1 amide bonds. The third kappa shape index (κ3) is 3.19. The third-order valence-corrected chi connectivity index (χ3v) is 3.55. The SMILES string of the molecule is COC(=O)NCC(C)(C)c1ccc2c(c1)CCCO2. The van der Waals surface area contributed by atoms with Crippen molar-refractivity contribution in [3.63, 3.8) is 0 Å². The van der Waals surface area contributed by atoms with Crippen LogP contribution < -0.4 is 10.1 Å². The molecule has 0 bridgehead atoms. The Hall–Kier alpha value is -1.71. The summed E-state index contributed by atoms with van der Waals surface area (Å²) in [5.74, 6) is 0.992. The van der Waals surface area contributed by atoms with Gasteiger partial charge in [-0.15, -0.1) is 0 Å². The minimum Gasteiger partial charge on any atom is -0.493 e. The molecule has 1 aliphatic rings. The van der Waals surface area contributed by atoms with Crippen molar-refractivity contribution in [2.45, 2.75) is 32.1 Å². The highest BCUT2D eigenvalue weighted by molar-refractivity contribution is 5.67. The first-order valence-corrected chi connectivity index (χ1v) is 6.61. The van der Waals surface area contributed by atoms with Crippen LogP contribution in [0.15, 0.2) is 18.2 Å². The van der Waals surface area contributed by atoms with Crippen LogP contribution in [0.1, 0.15) is 31.4 Å². The molecule has 0 spiro atoms. The summed E-state index contributed by atoms with van der Waals surface area (Å²) in [6, 6.07) is 6.29. The zero-order valence-corrected chi connectivity index (χ0v) is 11.8. The number of nitrogens with one attached hydrogen (secondary N) is 1. The molecule has 0 saturated heterocycles. The number of amides is 1. The lowest BCUT2D eigenvalue weighted by molar-refractivity contribution is 0.168. The minimum atomic E-state index is -0.394. The van der Waals surface area contributed by atoms with Gasteiger partial charge >= 0.3 is 6.09 Å². The van der Waals surface area contributed by atoms with Crippen molar-refractivity contribution in [2.75, 3.05) is 20.3 Å². The van der Waals surface area contributed by atoms with Gasteiger partial charge in [-0.1, -0.05) is 26.0 Å². The number of aryl methyl sites for hydroxylation is 1. The van der Waals surface area contributed by atoms with Gasteiger partial charge in [-0.3, -0.25) is 0 Å². The molecule has 104 valence electrons. The molecular formula is C15H21NO3. The van der Waals surface area contributed by atoms with Crippen molar-refractivity contribution >= 4 is 6.09 Å². The number of alkyl carbamates (subject to hydrolysis) is 1. The van der Waals surface area contributed by atoms with Gasteiger partial charge in [0.2, 0.25) is 0 Å². The average molecular weight is 263 g/mol. The van der Waals surface area contributed by atoms with E-state index >= 15 is 0 Å². The van der Waals surface area contributed by atoms with E-state index in [-0.39, 0.29) is 5.41 Å². The number of carbonyl (C=O) groups excluding carboxylic acids is 1. The van der Waals surface area contributed by atoms with Crippen LogP contribution in [0.3, 0.4) is 0 Å². The highest BCUT2D eigenvalue weighted by Crippen LogP contribution is 2.30. The van der Waals surface area contributed by atoms with Crippen LogP contribution in [0.25, 0.3) is 0 Å². The van der Waals surface area contributed by atoms with Gasteiger partial charge in [-0.25, -0.2) is 4.79 Å². The lowest BCUT2D eigenvalue weighted by Gasteiger charge is -2.27. The largest absolute Gasteiger partial charge is 0.493 e. The van der Waals surface area contributed by atoms with E-state index in [0.717, 1.165) is 25.2 Å². The molecule has 1 aromatic rings. The number of hydrogen-bond donors (Lipinski definition) is 1. The maximum atomic E-state index is 11.2. The monoisotopic (exact) mass is 263 g/mol. The second-order valence-electron chi connectivity index (χ2n) is 5.50. The van der Waals surface area contributed by atoms with Crippen molar-refractivity contribution in [1.82, 2.24) is 5.32 Å². The van der Waals surface area contributed by atoms with E-state index in [1.54, 1.807) is 0 Å². The molecule has 1 aromatic carbocycles. The van der Waals surface area contributed by atoms with Crippen LogP contribution >= 0.6 is 0 Å². The van der Waals surface area contributed by atoms with Crippen LogP contribution in [0.2, 0.25) is 0 Å². The Morgan fingerprint density at radius 1 is 1.47 bits per heavy atom. The molecule has 0 unspecified atom stereocenters. The number of rotatable bonds is 3. The van der Waals surface area contributed by atoms with Gasteiger partial charge in [0, 0.05) is 12.0 Å². The first-order valence-electron chi connectivity index (χ1n) is 6.61. The van der Waals surface area contributed by atoms with Crippen molar-refractivity contribution < 1.29 is 14.3 Å². The lowest BCUT2D eigenvalue weighted by Crippen LogP contribution is -2.36. The smallest absolute Gasteiger partial charge is 0.406 e. The Morgan fingerprint density at radius 3 is 3.00 bits per heavy atom. The van der Waals surface area contributed by atoms with Crippen LogP contribution in [0.5, 0.6) is 5.75 Å². The first-order chi connectivity index (χ1) is 9.03. The summed E-state index contributed by atoms with van der Waals surface area (Å²) in [6.45, 7) is 5.56. The fourth-order valence-electron chi connectivity index (χ4n) is 2.25. The highest BCUT2D eigenvalue weighted by Gasteiger charge is 2.23. The van der Waals surface area contributed by atoms with Gasteiger partial charge in [0.15, 0.2) is 0 Å². The predicted molar refractivity (Wildman–Crippen MR) is 73.7 cm³/mol. The Balaban J connectivity index is 2.13. The molecule has 1 heterocycles. The normalized spacial score (nSPS) is 14.3. The van der Waals surface area contributed by atoms with Gasteiger partial charge in [0.05, 0.1) is 13.7 Å². The van der Waals surface area contributed by atoms with Gasteiger partial charge in [-0.2, -0.15) is 0 Å². The van der Waals surface area contributed by atoms with E-state index in [9.17, 15) is 4.79 Å². The Kier molecular flexibility index (Phi) is 3.98. The average Bonchev–Trinajstić information content (AvgIpc) is 2.44. The van der Waals surface area contributed by atoms with Crippen molar-refractivity contribution in [1.29, 1.82) is 0 Å². The molecule has 4 heteroatoms. The summed E-state index contributed by atoms with van der Waals surface area (Å²) in [4.78, 5) is 11.2. The molecule has 0 aromatic heterocycles. The molecule has 0 saturated carbocycles. The van der Waals surface area contributed by atoms with E-state index in [2.05, 4.69) is 36.0 Å². The van der Waals surface area contributed by atoms with E-state index in [1.807, 2.05) is 6.07 Å². The standard InChI is InChI=1S/C15H21NO3/c1-15(2,10-16-14(17)18-3)12-6-7-13-11(9-12)5-4-8-19-13/h6-7,9H,4-5,8,10H2,1-3H3,(H,16,17). The molecule has 0 atom stereocenters. The Bertz CT molecular complexity index is 468. The number of hydrogen-bond acceptors (Lipinski definition) is 3. The molecular weight excluding hydrogens is 242 g/mol. The highest BCUT2D eigenvalue weighted by atomic mass is 16.5. The fourth-order valence-corrected chi connectivity index (χ4v) is 2.25. The molecule has 4 nitrogen and oxygen atoms in total. The summed E-state index contributed by atoms with van der Waals surface area (Å²) in [5, 5.41) is 2.76. The van der Waals surface area contributed by atoms with Gasteiger partial charge in [-0.05, 0) is 30.0 Å². The Morgan fingerprint density at radius 2 is 2.26 bits per heavy atom. The van der Waals surface area contributed by atoms with Crippen molar-refractivity contribution in [2.24, 2.45) is 0 Å². The number of carbonyl (C=O) groups is 1. The van der Waals surface area contributed by atoms with Crippen molar-refractivity contribution in [3.8, 4) is 5.75 Å². The summed E-state index contributed by atoms with van der Waals surface area (Å²) in [7, 11) is 1.37. The molecule has 0 aliphatic carbocycles. The van der Waals surface area contributed by atoms with Gasteiger partial charge in [0.1, 0.15) is 5.75 Å². The van der Waals surface area contributed by atoms with Crippen LogP contribution in [-0.4, -0.2) is 26.4 Å². The minimum absolute atomic E-state index is 0.138. The molecule has 0 radical (unpaired) electrons. The molecule has 1 N–H and O–H groups in total. The molecule has 19 heavy (non-hydrogen) atoms. The number of ether oxygens (including phenoxy) is 2. The van der Waals surface area contributed by atoms with Gasteiger partial charge < -0.3 is 14.8 Å². The first kappa shape index (κ1) is 13.7. The Labute approximate surface area is 114 Å². The second-order valence-corrected chi connectivity index (χ2v) is 5.50. The summed E-state index contributed by atoms with van der Waals surface area (Å²) in [5.41, 5.74) is 2.32. The summed E-state index contributed by atoms with van der Waals surface area (Å²) < 4.78 is 10.2. The second kappa shape index (κ2) is 5.51.